The lowest BCUT2D eigenvalue weighted by Gasteiger charge is -2.18. The molecule has 2 heterocycles. The van der Waals surface area contributed by atoms with Crippen LogP contribution in [0.25, 0.3) is 10.7 Å². The Morgan fingerprint density at radius 2 is 1.79 bits per heavy atom. The molecule has 1 aromatic carbocycles. The van der Waals surface area contributed by atoms with Crippen LogP contribution in [0, 0.1) is 6.92 Å². The molecule has 2 aromatic heterocycles. The Kier molecular flexibility index (Phi) is 4.51. The predicted molar refractivity (Wildman–Crippen MR) is 101 cm³/mol. The van der Waals surface area contributed by atoms with E-state index in [1.165, 1.54) is 22.0 Å². The second-order valence-electron chi connectivity index (χ2n) is 6.61. The van der Waals surface area contributed by atoms with Crippen molar-refractivity contribution in [1.82, 2.24) is 9.36 Å². The van der Waals surface area contributed by atoms with Gasteiger partial charge in [-0.25, -0.2) is 0 Å². The van der Waals surface area contributed by atoms with Crippen molar-refractivity contribution >= 4 is 33.9 Å². The molecule has 0 saturated carbocycles. The molecule has 124 valence electrons. The first-order chi connectivity index (χ1) is 11.3. The molecule has 1 N–H and O–H groups in total. The Labute approximate surface area is 149 Å². The third-order valence-electron chi connectivity index (χ3n) is 3.62. The van der Waals surface area contributed by atoms with Gasteiger partial charge in [0.05, 0.1) is 4.88 Å². The van der Waals surface area contributed by atoms with E-state index in [0.717, 1.165) is 4.88 Å². The first-order valence-corrected chi connectivity index (χ1v) is 9.24. The fourth-order valence-electron chi connectivity index (χ4n) is 2.22. The summed E-state index contributed by atoms with van der Waals surface area (Å²) in [5.41, 5.74) is 1.89. The highest BCUT2D eigenvalue weighted by Crippen LogP contribution is 2.28. The van der Waals surface area contributed by atoms with Crippen LogP contribution in [0.1, 0.15) is 41.6 Å². The van der Waals surface area contributed by atoms with E-state index in [9.17, 15) is 4.79 Å². The molecule has 3 rings (SSSR count). The molecular weight excluding hydrogens is 338 g/mol. The van der Waals surface area contributed by atoms with Crippen molar-refractivity contribution in [2.45, 2.75) is 33.1 Å². The quantitative estimate of drug-likeness (QED) is 0.707. The second kappa shape index (κ2) is 6.45. The second-order valence-corrected chi connectivity index (χ2v) is 8.65. The molecule has 4 nitrogen and oxygen atoms in total. The predicted octanol–water partition coefficient (Wildman–Crippen LogP) is 5.12. The van der Waals surface area contributed by atoms with E-state index in [4.69, 9.17) is 0 Å². The molecule has 6 heteroatoms. The molecule has 0 bridgehead atoms. The molecule has 0 aliphatic rings. The van der Waals surface area contributed by atoms with Crippen LogP contribution in [0.15, 0.2) is 36.4 Å². The SMILES string of the molecule is Cc1ccc(-c2nsc(NC(=O)c3ccc(C(C)(C)C)cc3)n2)s1. The van der Waals surface area contributed by atoms with Crippen molar-refractivity contribution in [2.75, 3.05) is 5.32 Å². The van der Waals surface area contributed by atoms with Crippen molar-refractivity contribution in [3.8, 4) is 10.7 Å². The summed E-state index contributed by atoms with van der Waals surface area (Å²) >= 11 is 2.84. The number of benzene rings is 1. The van der Waals surface area contributed by atoms with E-state index in [2.05, 4.69) is 35.4 Å². The number of thiophene rings is 1. The molecule has 24 heavy (non-hydrogen) atoms. The smallest absolute Gasteiger partial charge is 0.257 e. The summed E-state index contributed by atoms with van der Waals surface area (Å²) in [5.74, 6) is 0.497. The van der Waals surface area contributed by atoms with Crippen LogP contribution in [-0.2, 0) is 5.41 Å². The third kappa shape index (κ3) is 3.71. The van der Waals surface area contributed by atoms with Crippen LogP contribution in [0.2, 0.25) is 0 Å². The number of amides is 1. The molecule has 0 aliphatic carbocycles. The number of carbonyl (C=O) groups is 1. The van der Waals surface area contributed by atoms with Gasteiger partial charge in [-0.3, -0.25) is 10.1 Å². The number of aromatic nitrogens is 2. The van der Waals surface area contributed by atoms with Gasteiger partial charge in [-0.05, 0) is 42.2 Å². The van der Waals surface area contributed by atoms with Crippen molar-refractivity contribution in [3.63, 3.8) is 0 Å². The highest BCUT2D eigenvalue weighted by Gasteiger charge is 2.15. The monoisotopic (exact) mass is 357 g/mol. The summed E-state index contributed by atoms with van der Waals surface area (Å²) < 4.78 is 4.32. The summed E-state index contributed by atoms with van der Waals surface area (Å²) in [6, 6.07) is 11.7. The van der Waals surface area contributed by atoms with Gasteiger partial charge in [-0.2, -0.15) is 9.36 Å². The molecule has 3 aromatic rings. The Morgan fingerprint density at radius 3 is 2.38 bits per heavy atom. The highest BCUT2D eigenvalue weighted by molar-refractivity contribution is 7.15. The van der Waals surface area contributed by atoms with Crippen LogP contribution in [-0.4, -0.2) is 15.3 Å². The Morgan fingerprint density at radius 1 is 1.08 bits per heavy atom. The van der Waals surface area contributed by atoms with Crippen molar-refractivity contribution in [3.05, 3.63) is 52.4 Å². The van der Waals surface area contributed by atoms with Gasteiger partial charge in [0.1, 0.15) is 0 Å². The molecule has 0 fully saturated rings. The molecule has 1 amide bonds. The molecule has 0 atom stereocenters. The molecular formula is C18H19N3OS2. The lowest BCUT2D eigenvalue weighted by molar-refractivity contribution is 0.102. The average molecular weight is 358 g/mol. The topological polar surface area (TPSA) is 54.9 Å². The fourth-order valence-corrected chi connectivity index (χ4v) is 3.66. The summed E-state index contributed by atoms with van der Waals surface area (Å²) in [6.07, 6.45) is 0. The fraction of sp³-hybridized carbons (Fsp3) is 0.278. The standard InChI is InChI=1S/C18H19N3OS2/c1-11-5-10-14(23-11)15-19-17(24-21-15)20-16(22)12-6-8-13(9-7-12)18(2,3)4/h5-10H,1-4H3,(H,19,20,21,22). The zero-order valence-corrected chi connectivity index (χ0v) is 15.7. The largest absolute Gasteiger partial charge is 0.297 e. The summed E-state index contributed by atoms with van der Waals surface area (Å²) in [4.78, 5) is 19.0. The maximum absolute atomic E-state index is 12.4. The molecule has 0 spiro atoms. The van der Waals surface area contributed by atoms with Crippen molar-refractivity contribution < 1.29 is 4.79 Å². The van der Waals surface area contributed by atoms with Crippen LogP contribution in [0.5, 0.6) is 0 Å². The van der Waals surface area contributed by atoms with Gasteiger partial charge in [0.25, 0.3) is 5.91 Å². The lowest BCUT2D eigenvalue weighted by atomic mass is 9.87. The maximum atomic E-state index is 12.4. The van der Waals surface area contributed by atoms with Gasteiger partial charge >= 0.3 is 0 Å². The van der Waals surface area contributed by atoms with E-state index in [1.54, 1.807) is 11.3 Å². The summed E-state index contributed by atoms with van der Waals surface area (Å²) in [7, 11) is 0. The number of nitrogens with one attached hydrogen (secondary N) is 1. The molecule has 0 radical (unpaired) electrons. The molecule has 0 aliphatic heterocycles. The first-order valence-electron chi connectivity index (χ1n) is 7.65. The number of carbonyl (C=O) groups excluding carboxylic acids is 1. The number of aryl methyl sites for hydroxylation is 1. The van der Waals surface area contributed by atoms with E-state index < -0.39 is 0 Å². The van der Waals surface area contributed by atoms with Crippen LogP contribution < -0.4 is 5.32 Å². The minimum Gasteiger partial charge on any atom is -0.297 e. The Hall–Kier alpha value is -2.05. The Bertz CT molecular complexity index is 857. The van der Waals surface area contributed by atoms with Crippen LogP contribution in [0.4, 0.5) is 5.13 Å². The average Bonchev–Trinajstić information content (AvgIpc) is 3.15. The third-order valence-corrected chi connectivity index (χ3v) is 5.25. The number of hydrogen-bond acceptors (Lipinski definition) is 5. The van der Waals surface area contributed by atoms with E-state index in [1.807, 2.05) is 43.3 Å². The minimum absolute atomic E-state index is 0.0714. The number of rotatable bonds is 3. The lowest BCUT2D eigenvalue weighted by Crippen LogP contribution is -2.14. The summed E-state index contributed by atoms with van der Waals surface area (Å²) in [6.45, 7) is 8.50. The van der Waals surface area contributed by atoms with Gasteiger partial charge in [0, 0.05) is 22.0 Å². The number of anilines is 1. The number of nitrogens with zero attached hydrogens (tertiary/aromatic N) is 2. The zero-order chi connectivity index (χ0) is 17.3. The van der Waals surface area contributed by atoms with E-state index >= 15 is 0 Å². The van der Waals surface area contributed by atoms with Crippen molar-refractivity contribution in [2.24, 2.45) is 0 Å². The molecule has 0 unspecified atom stereocenters. The van der Waals surface area contributed by atoms with Gasteiger partial charge in [0.15, 0.2) is 5.82 Å². The normalized spacial score (nSPS) is 11.5. The van der Waals surface area contributed by atoms with Crippen molar-refractivity contribution in [1.29, 1.82) is 0 Å². The van der Waals surface area contributed by atoms with Gasteiger partial charge in [0.2, 0.25) is 5.13 Å². The zero-order valence-electron chi connectivity index (χ0n) is 14.1. The highest BCUT2D eigenvalue weighted by atomic mass is 32.1. The van der Waals surface area contributed by atoms with Gasteiger partial charge < -0.3 is 0 Å². The first kappa shape index (κ1) is 16.8. The van der Waals surface area contributed by atoms with Crippen LogP contribution >= 0.6 is 22.9 Å². The van der Waals surface area contributed by atoms with E-state index in [0.29, 0.717) is 16.5 Å². The Balaban J connectivity index is 1.72. The van der Waals surface area contributed by atoms with E-state index in [-0.39, 0.29) is 11.3 Å². The maximum Gasteiger partial charge on any atom is 0.257 e. The summed E-state index contributed by atoms with van der Waals surface area (Å²) in [5, 5.41) is 3.34. The minimum atomic E-state index is -0.166. The van der Waals surface area contributed by atoms with Gasteiger partial charge in [-0.1, -0.05) is 32.9 Å². The number of hydrogen-bond donors (Lipinski definition) is 1. The van der Waals surface area contributed by atoms with Crippen LogP contribution in [0.3, 0.4) is 0 Å². The van der Waals surface area contributed by atoms with Gasteiger partial charge in [-0.15, -0.1) is 11.3 Å². The molecule has 0 saturated heterocycles.